The zero-order chi connectivity index (χ0) is 18.5. The minimum absolute atomic E-state index is 0.0383. The van der Waals surface area contributed by atoms with Gasteiger partial charge in [-0.15, -0.1) is 0 Å². The maximum absolute atomic E-state index is 12.2. The van der Waals surface area contributed by atoms with Gasteiger partial charge in [0.25, 0.3) is 0 Å². The minimum Gasteiger partial charge on any atom is -0.497 e. The smallest absolute Gasteiger partial charge is 0.227 e. The quantitative estimate of drug-likeness (QED) is 0.865. The minimum atomic E-state index is -0.295. The molecule has 1 fully saturated rings. The zero-order valence-electron chi connectivity index (χ0n) is 14.9. The summed E-state index contributed by atoms with van der Waals surface area (Å²) in [5, 5.41) is 2.60. The van der Waals surface area contributed by atoms with Crippen LogP contribution >= 0.6 is 0 Å². The van der Waals surface area contributed by atoms with E-state index < -0.39 is 0 Å². The molecule has 1 saturated heterocycles. The van der Waals surface area contributed by atoms with Gasteiger partial charge in [-0.1, -0.05) is 12.1 Å². The van der Waals surface area contributed by atoms with Gasteiger partial charge in [0.2, 0.25) is 11.8 Å². The third-order valence-electron chi connectivity index (χ3n) is 4.43. The van der Waals surface area contributed by atoms with Gasteiger partial charge >= 0.3 is 0 Å². The predicted molar refractivity (Wildman–Crippen MR) is 98.3 cm³/mol. The van der Waals surface area contributed by atoms with Gasteiger partial charge < -0.3 is 19.7 Å². The molecular weight excluding hydrogens is 332 g/mol. The summed E-state index contributed by atoms with van der Waals surface area (Å²) in [5.74, 6) is 1.07. The molecule has 0 aliphatic carbocycles. The number of carbonyl (C=O) groups excluding carboxylic acids is 2. The van der Waals surface area contributed by atoms with E-state index in [1.165, 1.54) is 0 Å². The molecule has 1 N–H and O–H groups in total. The summed E-state index contributed by atoms with van der Waals surface area (Å²) in [4.78, 5) is 25.5. The van der Waals surface area contributed by atoms with E-state index in [9.17, 15) is 9.59 Å². The highest BCUT2D eigenvalue weighted by atomic mass is 16.5. The molecule has 0 saturated carbocycles. The van der Waals surface area contributed by atoms with Crippen LogP contribution < -0.4 is 19.7 Å². The average molecular weight is 354 g/mol. The van der Waals surface area contributed by atoms with Crippen molar-refractivity contribution < 1.29 is 19.1 Å². The third kappa shape index (κ3) is 3.96. The lowest BCUT2D eigenvalue weighted by atomic mass is 10.1. The third-order valence-corrected chi connectivity index (χ3v) is 4.43. The first-order valence-electron chi connectivity index (χ1n) is 8.48. The van der Waals surface area contributed by atoms with Crippen molar-refractivity contribution in [3.63, 3.8) is 0 Å². The van der Waals surface area contributed by atoms with Gasteiger partial charge in [0.1, 0.15) is 18.1 Å². The lowest BCUT2D eigenvalue weighted by molar-refractivity contribution is -0.125. The number of nitrogens with zero attached hydrogens (tertiary/aromatic N) is 1. The molecular formula is C20H22N2O4. The van der Waals surface area contributed by atoms with Gasteiger partial charge in [0.05, 0.1) is 13.0 Å². The summed E-state index contributed by atoms with van der Waals surface area (Å²) >= 11 is 0. The first kappa shape index (κ1) is 17.8. The molecule has 1 aliphatic heterocycles. The Kier molecular flexibility index (Phi) is 5.41. The molecule has 0 unspecified atom stereocenters. The average Bonchev–Trinajstić information content (AvgIpc) is 3.08. The first-order valence-corrected chi connectivity index (χ1v) is 8.48. The molecule has 136 valence electrons. The second kappa shape index (κ2) is 7.91. The van der Waals surface area contributed by atoms with E-state index in [1.807, 2.05) is 48.5 Å². The van der Waals surface area contributed by atoms with E-state index in [1.54, 1.807) is 19.1 Å². The molecule has 2 amide bonds. The highest BCUT2D eigenvalue weighted by molar-refractivity contribution is 6.00. The lowest BCUT2D eigenvalue weighted by Gasteiger charge is -2.17. The number of benzene rings is 2. The first-order chi connectivity index (χ1) is 12.6. The van der Waals surface area contributed by atoms with Crippen molar-refractivity contribution in [1.29, 1.82) is 0 Å². The van der Waals surface area contributed by atoms with Crippen LogP contribution in [0.2, 0.25) is 0 Å². The Morgan fingerprint density at radius 2 is 1.96 bits per heavy atom. The molecule has 3 rings (SSSR count). The van der Waals surface area contributed by atoms with E-state index in [0.29, 0.717) is 18.9 Å². The van der Waals surface area contributed by atoms with E-state index in [4.69, 9.17) is 9.47 Å². The van der Waals surface area contributed by atoms with Crippen LogP contribution in [0, 0.1) is 5.92 Å². The Balaban J connectivity index is 1.61. The van der Waals surface area contributed by atoms with E-state index in [-0.39, 0.29) is 24.2 Å². The van der Waals surface area contributed by atoms with Crippen LogP contribution in [-0.2, 0) is 16.2 Å². The highest BCUT2D eigenvalue weighted by Gasteiger charge is 2.34. The van der Waals surface area contributed by atoms with Crippen LogP contribution in [0.1, 0.15) is 12.0 Å². The van der Waals surface area contributed by atoms with Crippen molar-refractivity contribution in [2.45, 2.75) is 13.0 Å². The number of rotatable bonds is 6. The number of methoxy groups -OCH3 is 1. The topological polar surface area (TPSA) is 67.9 Å². The molecule has 6 nitrogen and oxygen atoms in total. The summed E-state index contributed by atoms with van der Waals surface area (Å²) in [6, 6.07) is 15.0. The van der Waals surface area contributed by atoms with Gasteiger partial charge in [0.15, 0.2) is 0 Å². The molecule has 2 aromatic rings. The normalized spacial score (nSPS) is 16.5. The van der Waals surface area contributed by atoms with Crippen LogP contribution in [0.5, 0.6) is 11.5 Å². The number of ether oxygens (including phenoxy) is 2. The Hall–Kier alpha value is -3.02. The largest absolute Gasteiger partial charge is 0.497 e. The second-order valence-electron chi connectivity index (χ2n) is 6.15. The van der Waals surface area contributed by atoms with Crippen molar-refractivity contribution >= 4 is 17.5 Å². The zero-order valence-corrected chi connectivity index (χ0v) is 14.9. The molecule has 0 bridgehead atoms. The molecule has 26 heavy (non-hydrogen) atoms. The summed E-state index contributed by atoms with van der Waals surface area (Å²) in [6.07, 6.45) is 0.244. The Labute approximate surface area is 152 Å². The Morgan fingerprint density at radius 3 is 2.65 bits per heavy atom. The second-order valence-corrected chi connectivity index (χ2v) is 6.15. The summed E-state index contributed by atoms with van der Waals surface area (Å²) in [6.45, 7) is 0.834. The molecule has 6 heteroatoms. The van der Waals surface area contributed by atoms with Crippen molar-refractivity contribution in [2.75, 3.05) is 25.6 Å². The van der Waals surface area contributed by atoms with Crippen molar-refractivity contribution in [3.05, 3.63) is 54.1 Å². The fourth-order valence-electron chi connectivity index (χ4n) is 2.99. The van der Waals surface area contributed by atoms with E-state index >= 15 is 0 Å². The number of hydrogen-bond acceptors (Lipinski definition) is 4. The molecule has 0 aromatic heterocycles. The van der Waals surface area contributed by atoms with Crippen LogP contribution in [0.15, 0.2) is 48.5 Å². The fourth-order valence-corrected chi connectivity index (χ4v) is 2.99. The molecule has 0 radical (unpaired) electrons. The molecule has 0 spiro atoms. The SMILES string of the molecule is CNC(=O)[C@H]1CC(=O)N(c2ccc(OCc3cccc(OC)c3)cc2)C1. The van der Waals surface area contributed by atoms with Crippen LogP contribution in [-0.4, -0.2) is 32.5 Å². The van der Waals surface area contributed by atoms with Gasteiger partial charge in [0, 0.05) is 25.7 Å². The van der Waals surface area contributed by atoms with E-state index in [0.717, 1.165) is 17.0 Å². The molecule has 1 atom stereocenters. The summed E-state index contributed by atoms with van der Waals surface area (Å²) in [7, 11) is 3.22. The summed E-state index contributed by atoms with van der Waals surface area (Å²) in [5.41, 5.74) is 1.78. The van der Waals surface area contributed by atoms with Crippen molar-refractivity contribution in [1.82, 2.24) is 5.32 Å². The predicted octanol–water partition coefficient (Wildman–Crippen LogP) is 2.37. The number of anilines is 1. The Morgan fingerprint density at radius 1 is 1.19 bits per heavy atom. The van der Waals surface area contributed by atoms with Crippen LogP contribution in [0.4, 0.5) is 5.69 Å². The van der Waals surface area contributed by atoms with Crippen molar-refractivity contribution in [2.24, 2.45) is 5.92 Å². The van der Waals surface area contributed by atoms with Crippen LogP contribution in [0.25, 0.3) is 0 Å². The van der Waals surface area contributed by atoms with Crippen molar-refractivity contribution in [3.8, 4) is 11.5 Å². The monoisotopic (exact) mass is 354 g/mol. The van der Waals surface area contributed by atoms with Crippen LogP contribution in [0.3, 0.4) is 0 Å². The van der Waals surface area contributed by atoms with Gasteiger partial charge in [-0.05, 0) is 42.0 Å². The van der Waals surface area contributed by atoms with Gasteiger partial charge in [-0.25, -0.2) is 0 Å². The number of carbonyl (C=O) groups is 2. The van der Waals surface area contributed by atoms with E-state index in [2.05, 4.69) is 5.32 Å². The maximum Gasteiger partial charge on any atom is 0.227 e. The molecule has 1 heterocycles. The lowest BCUT2D eigenvalue weighted by Crippen LogP contribution is -2.30. The molecule has 2 aromatic carbocycles. The number of amides is 2. The standard InChI is InChI=1S/C20H22N2O4/c1-21-20(24)15-11-19(23)22(12-15)16-6-8-17(9-7-16)26-13-14-4-3-5-18(10-14)25-2/h3-10,15H,11-13H2,1-2H3,(H,21,24)/t15-/m0/s1. The van der Waals surface area contributed by atoms with Gasteiger partial charge in [-0.3, -0.25) is 9.59 Å². The Bertz CT molecular complexity index is 789. The summed E-state index contributed by atoms with van der Waals surface area (Å²) < 4.78 is 11.0. The van der Waals surface area contributed by atoms with Gasteiger partial charge in [-0.2, -0.15) is 0 Å². The fraction of sp³-hybridized carbons (Fsp3) is 0.300. The highest BCUT2D eigenvalue weighted by Crippen LogP contribution is 2.27. The molecule has 1 aliphatic rings. The number of nitrogens with one attached hydrogen (secondary N) is 1. The number of hydrogen-bond donors (Lipinski definition) is 1. The maximum atomic E-state index is 12.2.